The molecule has 0 spiro atoms. The van der Waals surface area contributed by atoms with Gasteiger partial charge in [-0.15, -0.1) is 10.2 Å². The number of nitrogens with zero attached hydrogens (tertiary/aromatic N) is 6. The average Bonchev–Trinajstić information content (AvgIpc) is 3.30. The molecule has 11 nitrogen and oxygen atoms in total. The highest BCUT2D eigenvalue weighted by molar-refractivity contribution is 7.89. The second-order valence-electron chi connectivity index (χ2n) is 10.5. The molecule has 1 unspecified atom stereocenters. The van der Waals surface area contributed by atoms with Crippen molar-refractivity contribution in [3.8, 4) is 16.6 Å². The Bertz CT molecular complexity index is 1550. The summed E-state index contributed by atoms with van der Waals surface area (Å²) in [5, 5.41) is 25.4. The van der Waals surface area contributed by atoms with Crippen LogP contribution < -0.4 is 14.9 Å². The first-order chi connectivity index (χ1) is 18.6. The van der Waals surface area contributed by atoms with Crippen LogP contribution in [-0.2, 0) is 14.8 Å². The Morgan fingerprint density at radius 1 is 1.26 bits per heavy atom. The summed E-state index contributed by atoms with van der Waals surface area (Å²) in [7, 11) is -4.10. The predicted molar refractivity (Wildman–Crippen MR) is 139 cm³/mol. The Hall–Kier alpha value is -2.77. The van der Waals surface area contributed by atoms with Crippen LogP contribution in [0.1, 0.15) is 62.8 Å². The molecule has 0 radical (unpaired) electrons. The highest BCUT2D eigenvalue weighted by Crippen LogP contribution is 2.42. The monoisotopic (exact) mass is 578 g/mol. The van der Waals surface area contributed by atoms with E-state index in [1.54, 1.807) is 10.6 Å². The Kier molecular flexibility index (Phi) is 6.58. The van der Waals surface area contributed by atoms with E-state index in [-0.39, 0.29) is 28.1 Å². The van der Waals surface area contributed by atoms with E-state index in [0.29, 0.717) is 61.6 Å². The number of halogens is 2. The molecule has 208 valence electrons. The van der Waals surface area contributed by atoms with Crippen LogP contribution in [0.5, 0.6) is 0 Å². The van der Waals surface area contributed by atoms with Gasteiger partial charge in [0.2, 0.25) is 10.0 Å². The quantitative estimate of drug-likeness (QED) is 0.433. The first-order valence-corrected chi connectivity index (χ1v) is 15.2. The fourth-order valence-electron chi connectivity index (χ4n) is 5.36. The summed E-state index contributed by atoms with van der Waals surface area (Å²) in [6.45, 7) is 5.82. The van der Waals surface area contributed by atoms with Crippen molar-refractivity contribution in [2.75, 3.05) is 24.6 Å². The minimum atomic E-state index is -4.10. The number of alkyl halides is 2. The van der Waals surface area contributed by atoms with Crippen molar-refractivity contribution in [1.82, 2.24) is 29.9 Å². The third kappa shape index (κ3) is 4.89. The van der Waals surface area contributed by atoms with Gasteiger partial charge in [-0.3, -0.25) is 0 Å². The van der Waals surface area contributed by atoms with Crippen molar-refractivity contribution in [2.24, 2.45) is 0 Å². The molecular formula is C24H28F2N8O3S2. The van der Waals surface area contributed by atoms with E-state index in [9.17, 15) is 22.5 Å². The number of nitriles is 1. The third-order valence-electron chi connectivity index (χ3n) is 7.28. The van der Waals surface area contributed by atoms with Gasteiger partial charge in [-0.25, -0.2) is 21.7 Å². The Labute approximate surface area is 228 Å². The number of nitrogens with one attached hydrogen (secondary N) is 2. The molecule has 15 heteroatoms. The summed E-state index contributed by atoms with van der Waals surface area (Å²) in [6, 6.07) is 5.35. The maximum atomic E-state index is 13.6. The van der Waals surface area contributed by atoms with Crippen molar-refractivity contribution in [3.05, 3.63) is 22.8 Å². The van der Waals surface area contributed by atoms with Crippen LogP contribution >= 0.6 is 11.3 Å². The zero-order valence-electron chi connectivity index (χ0n) is 21.4. The van der Waals surface area contributed by atoms with Gasteiger partial charge in [0, 0.05) is 37.8 Å². The minimum absolute atomic E-state index is 0.0380. The molecule has 3 fully saturated rings. The summed E-state index contributed by atoms with van der Waals surface area (Å²) in [4.78, 5) is 2.03. The standard InChI is InChI=1S/C24H28F2N8O3S2/c1-13-10-33(11-14(2)28-13)18-9-15(39(35,36)32-24(12-27)5-6-24)8-16-19(22-29-30-23(38-22)21(25)26)20(31-34(16)18)17-4-3-7-37-17/h8-9,13-14,17,21,28,32H,3-7,10-11H2,1-2H3/t13-,14-,17?/m0/s1. The van der Waals surface area contributed by atoms with Crippen LogP contribution in [0.2, 0.25) is 0 Å². The lowest BCUT2D eigenvalue weighted by Gasteiger charge is -2.37. The minimum Gasteiger partial charge on any atom is -0.372 e. The number of pyridine rings is 1. The number of anilines is 1. The van der Waals surface area contributed by atoms with Crippen molar-refractivity contribution in [2.45, 2.75) is 74.6 Å². The van der Waals surface area contributed by atoms with E-state index in [1.807, 2.05) is 13.8 Å². The predicted octanol–water partition coefficient (Wildman–Crippen LogP) is 3.16. The Morgan fingerprint density at radius 2 is 2.00 bits per heavy atom. The molecule has 5 heterocycles. The first-order valence-electron chi connectivity index (χ1n) is 12.9. The van der Waals surface area contributed by atoms with Gasteiger partial charge in [0.05, 0.1) is 22.0 Å². The van der Waals surface area contributed by atoms with Crippen molar-refractivity contribution >= 4 is 32.7 Å². The SMILES string of the molecule is C[C@H]1CN(c2cc(S(=O)(=O)NC3(C#N)CC3)cc3c(-c4nnc(C(F)F)s4)c(C4CCCO4)nn23)C[C@H](C)N1. The van der Waals surface area contributed by atoms with Crippen LogP contribution in [0.4, 0.5) is 14.6 Å². The number of aromatic nitrogens is 4. The molecular weight excluding hydrogens is 550 g/mol. The highest BCUT2D eigenvalue weighted by Gasteiger charge is 2.47. The number of hydrogen-bond acceptors (Lipinski definition) is 10. The number of sulfonamides is 1. The lowest BCUT2D eigenvalue weighted by molar-refractivity contribution is 0.109. The average molecular weight is 579 g/mol. The van der Waals surface area contributed by atoms with Crippen LogP contribution in [0.3, 0.4) is 0 Å². The number of hydrogen-bond donors (Lipinski definition) is 2. The molecule has 6 rings (SSSR count). The van der Waals surface area contributed by atoms with Gasteiger partial charge >= 0.3 is 0 Å². The second-order valence-corrected chi connectivity index (χ2v) is 13.2. The molecule has 1 aliphatic carbocycles. The maximum absolute atomic E-state index is 13.6. The zero-order chi connectivity index (χ0) is 27.5. The molecule has 2 N–H and O–H groups in total. The molecule has 0 amide bonds. The van der Waals surface area contributed by atoms with Crippen molar-refractivity contribution < 1.29 is 21.9 Å². The van der Waals surface area contributed by atoms with Gasteiger partial charge in [0.15, 0.2) is 10.0 Å². The van der Waals surface area contributed by atoms with E-state index < -0.39 is 27.0 Å². The molecule has 3 aromatic rings. The largest absolute Gasteiger partial charge is 0.372 e. The summed E-state index contributed by atoms with van der Waals surface area (Å²) < 4.78 is 64.3. The fourth-order valence-corrected chi connectivity index (χ4v) is 7.53. The molecule has 39 heavy (non-hydrogen) atoms. The molecule has 2 saturated heterocycles. The molecule has 3 aliphatic rings. The van der Waals surface area contributed by atoms with Crippen LogP contribution in [0.25, 0.3) is 16.1 Å². The lowest BCUT2D eigenvalue weighted by atomic mass is 10.1. The van der Waals surface area contributed by atoms with E-state index in [1.165, 1.54) is 6.07 Å². The topological polar surface area (TPSA) is 138 Å². The van der Waals surface area contributed by atoms with E-state index in [2.05, 4.69) is 31.2 Å². The highest BCUT2D eigenvalue weighted by atomic mass is 32.2. The van der Waals surface area contributed by atoms with Gasteiger partial charge in [-0.05, 0) is 45.6 Å². The molecule has 0 aromatic carbocycles. The first kappa shape index (κ1) is 26.5. The van der Waals surface area contributed by atoms with Gasteiger partial charge in [0.1, 0.15) is 23.2 Å². The molecule has 2 aliphatic heterocycles. The smallest absolute Gasteiger partial charge is 0.291 e. The number of ether oxygens (including phenoxy) is 1. The molecule has 1 saturated carbocycles. The maximum Gasteiger partial charge on any atom is 0.291 e. The fraction of sp³-hybridized carbons (Fsp3) is 0.583. The number of piperazine rings is 1. The zero-order valence-corrected chi connectivity index (χ0v) is 23.0. The van der Waals surface area contributed by atoms with Gasteiger partial charge in [-0.2, -0.15) is 15.1 Å². The number of fused-ring (bicyclic) bond motifs is 1. The summed E-state index contributed by atoms with van der Waals surface area (Å²) in [5.41, 5.74) is 0.235. The number of rotatable bonds is 7. The third-order valence-corrected chi connectivity index (χ3v) is 9.74. The Morgan fingerprint density at radius 3 is 2.59 bits per heavy atom. The van der Waals surface area contributed by atoms with Crippen LogP contribution in [0, 0.1) is 11.3 Å². The summed E-state index contributed by atoms with van der Waals surface area (Å²) in [6.07, 6.45) is -0.801. The summed E-state index contributed by atoms with van der Waals surface area (Å²) >= 11 is 0.753. The van der Waals surface area contributed by atoms with E-state index in [0.717, 1.165) is 17.8 Å². The van der Waals surface area contributed by atoms with Crippen LogP contribution in [0.15, 0.2) is 17.0 Å². The van der Waals surface area contributed by atoms with Gasteiger partial charge in [-0.1, -0.05) is 11.3 Å². The van der Waals surface area contributed by atoms with Crippen LogP contribution in [-0.4, -0.2) is 65.5 Å². The summed E-state index contributed by atoms with van der Waals surface area (Å²) in [5.74, 6) is 0.541. The van der Waals surface area contributed by atoms with Crippen molar-refractivity contribution in [1.29, 1.82) is 5.26 Å². The Balaban J connectivity index is 1.59. The second kappa shape index (κ2) is 9.70. The molecule has 3 aromatic heterocycles. The van der Waals surface area contributed by atoms with Crippen molar-refractivity contribution in [3.63, 3.8) is 0 Å². The van der Waals surface area contributed by atoms with Gasteiger partial charge < -0.3 is 15.0 Å². The van der Waals surface area contributed by atoms with Gasteiger partial charge in [0.25, 0.3) is 6.43 Å². The van der Waals surface area contributed by atoms with E-state index in [4.69, 9.17) is 9.84 Å². The van der Waals surface area contributed by atoms with E-state index >= 15 is 0 Å². The lowest BCUT2D eigenvalue weighted by Crippen LogP contribution is -2.54. The normalized spacial score (nSPS) is 24.9. The molecule has 0 bridgehead atoms. The molecule has 3 atom stereocenters.